The number of hydrogen-bond donors (Lipinski definition) is 2. The zero-order valence-electron chi connectivity index (χ0n) is 12.3. The van der Waals surface area contributed by atoms with Crippen molar-refractivity contribution in [1.29, 1.82) is 0 Å². The lowest BCUT2D eigenvalue weighted by Crippen LogP contribution is -2.24. The number of nitrogens with two attached hydrogens (primary N) is 1. The first-order valence-electron chi connectivity index (χ1n) is 7.01. The molecular formula is C16H20N4O. The van der Waals surface area contributed by atoms with Crippen molar-refractivity contribution in [3.05, 3.63) is 48.3 Å². The van der Waals surface area contributed by atoms with Crippen molar-refractivity contribution in [3.63, 3.8) is 0 Å². The molecule has 5 nitrogen and oxygen atoms in total. The van der Waals surface area contributed by atoms with Crippen molar-refractivity contribution >= 4 is 23.0 Å². The minimum atomic E-state index is -0.170. The van der Waals surface area contributed by atoms with E-state index in [0.29, 0.717) is 11.3 Å². The van der Waals surface area contributed by atoms with E-state index in [9.17, 15) is 4.79 Å². The van der Waals surface area contributed by atoms with Crippen molar-refractivity contribution in [2.24, 2.45) is 0 Å². The molecule has 110 valence electrons. The third-order valence-electron chi connectivity index (χ3n) is 3.32. The quantitative estimate of drug-likeness (QED) is 0.828. The third-order valence-corrected chi connectivity index (χ3v) is 3.32. The number of carbonyl (C=O) groups excluding carboxylic acids is 1. The summed E-state index contributed by atoms with van der Waals surface area (Å²) < 4.78 is 0. The Morgan fingerprint density at radius 1 is 1.19 bits per heavy atom. The molecule has 0 radical (unpaired) electrons. The second kappa shape index (κ2) is 6.74. The van der Waals surface area contributed by atoms with Gasteiger partial charge in [-0.3, -0.25) is 9.78 Å². The van der Waals surface area contributed by atoms with E-state index in [-0.39, 0.29) is 5.91 Å². The Balaban J connectivity index is 2.30. The van der Waals surface area contributed by atoms with E-state index < -0.39 is 0 Å². The second-order valence-corrected chi connectivity index (χ2v) is 4.64. The first-order chi connectivity index (χ1) is 10.2. The summed E-state index contributed by atoms with van der Waals surface area (Å²) in [5, 5.41) is 2.93. The van der Waals surface area contributed by atoms with Gasteiger partial charge in [-0.2, -0.15) is 0 Å². The van der Waals surface area contributed by atoms with Crippen molar-refractivity contribution in [2.45, 2.75) is 13.8 Å². The molecule has 5 heteroatoms. The van der Waals surface area contributed by atoms with Crippen LogP contribution >= 0.6 is 0 Å². The molecule has 1 amide bonds. The van der Waals surface area contributed by atoms with Gasteiger partial charge in [0.25, 0.3) is 5.91 Å². The molecule has 0 aliphatic carbocycles. The number of hydrogen-bond acceptors (Lipinski definition) is 4. The zero-order valence-corrected chi connectivity index (χ0v) is 12.3. The Labute approximate surface area is 124 Å². The van der Waals surface area contributed by atoms with Crippen LogP contribution < -0.4 is 16.0 Å². The Kier molecular flexibility index (Phi) is 4.77. The van der Waals surface area contributed by atoms with Gasteiger partial charge in [-0.25, -0.2) is 0 Å². The number of nitrogen functional groups attached to an aromatic ring is 1. The molecule has 1 aromatic carbocycles. The van der Waals surface area contributed by atoms with E-state index in [1.165, 1.54) is 0 Å². The van der Waals surface area contributed by atoms with Gasteiger partial charge in [-0.15, -0.1) is 0 Å². The summed E-state index contributed by atoms with van der Waals surface area (Å²) >= 11 is 0. The minimum absolute atomic E-state index is 0.170. The van der Waals surface area contributed by atoms with Gasteiger partial charge in [0.1, 0.15) is 0 Å². The number of rotatable bonds is 5. The largest absolute Gasteiger partial charge is 0.399 e. The zero-order chi connectivity index (χ0) is 15.2. The van der Waals surface area contributed by atoms with Crippen LogP contribution in [0.5, 0.6) is 0 Å². The molecule has 1 aromatic heterocycles. The molecule has 0 atom stereocenters. The summed E-state index contributed by atoms with van der Waals surface area (Å²) in [4.78, 5) is 18.4. The highest BCUT2D eigenvalue weighted by Gasteiger charge is 2.12. The molecule has 0 aliphatic rings. The Bertz CT molecular complexity index is 609. The summed E-state index contributed by atoms with van der Waals surface area (Å²) in [6.07, 6.45) is 3.19. The van der Waals surface area contributed by atoms with Gasteiger partial charge in [0.15, 0.2) is 0 Å². The van der Waals surface area contributed by atoms with Crippen molar-refractivity contribution in [3.8, 4) is 0 Å². The molecule has 2 rings (SSSR count). The van der Waals surface area contributed by atoms with E-state index in [1.54, 1.807) is 30.6 Å². The van der Waals surface area contributed by atoms with Crippen LogP contribution in [0.2, 0.25) is 0 Å². The van der Waals surface area contributed by atoms with Crippen LogP contribution in [0.4, 0.5) is 17.1 Å². The summed E-state index contributed by atoms with van der Waals surface area (Å²) in [7, 11) is 0. The first-order valence-corrected chi connectivity index (χ1v) is 7.01. The van der Waals surface area contributed by atoms with Gasteiger partial charge in [-0.05, 0) is 44.2 Å². The smallest absolute Gasteiger partial charge is 0.255 e. The van der Waals surface area contributed by atoms with Gasteiger partial charge in [-0.1, -0.05) is 0 Å². The predicted octanol–water partition coefficient (Wildman–Crippen LogP) is 2.76. The van der Waals surface area contributed by atoms with Crippen LogP contribution in [-0.4, -0.2) is 24.0 Å². The molecule has 2 aromatic rings. The van der Waals surface area contributed by atoms with Crippen LogP contribution in [0.3, 0.4) is 0 Å². The molecular weight excluding hydrogens is 264 g/mol. The van der Waals surface area contributed by atoms with E-state index in [4.69, 9.17) is 5.73 Å². The van der Waals surface area contributed by atoms with Gasteiger partial charge in [0, 0.05) is 36.7 Å². The van der Waals surface area contributed by atoms with Gasteiger partial charge in [0.2, 0.25) is 0 Å². The predicted molar refractivity (Wildman–Crippen MR) is 86.6 cm³/mol. The molecule has 21 heavy (non-hydrogen) atoms. The average molecular weight is 284 g/mol. The number of aromatic nitrogens is 1. The molecule has 0 bridgehead atoms. The highest BCUT2D eigenvalue weighted by Crippen LogP contribution is 2.28. The topological polar surface area (TPSA) is 71.2 Å². The Morgan fingerprint density at radius 3 is 2.48 bits per heavy atom. The Morgan fingerprint density at radius 2 is 1.86 bits per heavy atom. The van der Waals surface area contributed by atoms with E-state index in [0.717, 1.165) is 24.5 Å². The second-order valence-electron chi connectivity index (χ2n) is 4.64. The van der Waals surface area contributed by atoms with Crippen LogP contribution in [0.1, 0.15) is 24.2 Å². The van der Waals surface area contributed by atoms with Crippen molar-refractivity contribution < 1.29 is 4.79 Å². The van der Waals surface area contributed by atoms with Crippen LogP contribution in [0.25, 0.3) is 0 Å². The molecule has 1 heterocycles. The van der Waals surface area contributed by atoms with E-state index in [1.807, 2.05) is 12.1 Å². The third kappa shape index (κ3) is 3.51. The number of benzene rings is 1. The number of nitrogens with zero attached hydrogens (tertiary/aromatic N) is 2. The highest BCUT2D eigenvalue weighted by molar-refractivity contribution is 6.06. The lowest BCUT2D eigenvalue weighted by Gasteiger charge is -2.24. The fourth-order valence-electron chi connectivity index (χ4n) is 2.19. The maximum Gasteiger partial charge on any atom is 0.255 e. The number of carbonyl (C=O) groups is 1. The highest BCUT2D eigenvalue weighted by atomic mass is 16.1. The standard InChI is InChI=1S/C16H20N4O/c1-3-20(4-2)15-6-5-13(17)11-14(15)19-16(21)12-7-9-18-10-8-12/h5-11H,3-4,17H2,1-2H3,(H,19,21). The maximum absolute atomic E-state index is 12.3. The Hall–Kier alpha value is -2.56. The molecule has 0 aliphatic heterocycles. The molecule has 0 fully saturated rings. The maximum atomic E-state index is 12.3. The number of anilines is 3. The fraction of sp³-hybridized carbons (Fsp3) is 0.250. The lowest BCUT2D eigenvalue weighted by molar-refractivity contribution is 0.102. The van der Waals surface area contributed by atoms with Gasteiger partial charge in [0.05, 0.1) is 11.4 Å². The SMILES string of the molecule is CCN(CC)c1ccc(N)cc1NC(=O)c1ccncc1. The summed E-state index contributed by atoms with van der Waals surface area (Å²) in [5.74, 6) is -0.170. The number of amides is 1. The van der Waals surface area contributed by atoms with Crippen molar-refractivity contribution in [2.75, 3.05) is 29.0 Å². The number of pyridine rings is 1. The molecule has 0 spiro atoms. The minimum Gasteiger partial charge on any atom is -0.399 e. The normalized spacial score (nSPS) is 10.2. The van der Waals surface area contributed by atoms with E-state index >= 15 is 0 Å². The van der Waals surface area contributed by atoms with Crippen LogP contribution in [0.15, 0.2) is 42.7 Å². The van der Waals surface area contributed by atoms with Gasteiger partial charge >= 0.3 is 0 Å². The molecule has 0 saturated carbocycles. The summed E-state index contributed by atoms with van der Waals surface area (Å²) in [5.41, 5.74) is 8.73. The molecule has 3 N–H and O–H groups in total. The summed E-state index contributed by atoms with van der Waals surface area (Å²) in [6.45, 7) is 5.87. The first kappa shape index (κ1) is 14.8. The van der Waals surface area contributed by atoms with Crippen molar-refractivity contribution in [1.82, 2.24) is 4.98 Å². The summed E-state index contributed by atoms with van der Waals surface area (Å²) in [6, 6.07) is 8.92. The monoisotopic (exact) mass is 284 g/mol. The van der Waals surface area contributed by atoms with Gasteiger partial charge < -0.3 is 16.0 Å². The lowest BCUT2D eigenvalue weighted by atomic mass is 10.2. The van der Waals surface area contributed by atoms with Crippen LogP contribution in [0, 0.1) is 0 Å². The number of nitrogens with one attached hydrogen (secondary N) is 1. The van der Waals surface area contributed by atoms with Crippen LogP contribution in [-0.2, 0) is 0 Å². The molecule has 0 unspecified atom stereocenters. The fourth-order valence-corrected chi connectivity index (χ4v) is 2.19. The molecule has 0 saturated heterocycles. The average Bonchev–Trinajstić information content (AvgIpc) is 2.51. The van der Waals surface area contributed by atoms with E-state index in [2.05, 4.69) is 29.0 Å².